The number of halogens is 2. The van der Waals surface area contributed by atoms with Crippen LogP contribution in [0.5, 0.6) is 17.2 Å². The second-order valence-corrected chi connectivity index (χ2v) is 4.57. The molecule has 2 aromatic rings. The van der Waals surface area contributed by atoms with Crippen molar-refractivity contribution in [3.05, 3.63) is 53.3 Å². The molecule has 0 amide bonds. The maximum Gasteiger partial charge on any atom is 0.344 e. The highest BCUT2D eigenvalue weighted by Crippen LogP contribution is 2.30. The van der Waals surface area contributed by atoms with Gasteiger partial charge in [-0.3, -0.25) is 0 Å². The Bertz CT molecular complexity index is 643. The van der Waals surface area contributed by atoms with E-state index in [2.05, 4.69) is 6.07 Å². The first kappa shape index (κ1) is 16.1. The fourth-order valence-corrected chi connectivity index (χ4v) is 1.77. The third-order valence-electron chi connectivity index (χ3n) is 2.54. The zero-order chi connectivity index (χ0) is 15.9. The Morgan fingerprint density at radius 2 is 1.95 bits per heavy atom. The van der Waals surface area contributed by atoms with Gasteiger partial charge in [0.1, 0.15) is 23.1 Å². The molecule has 1 radical (unpaired) electrons. The van der Waals surface area contributed by atoms with Crippen LogP contribution in [0.25, 0.3) is 0 Å². The van der Waals surface area contributed by atoms with Crippen LogP contribution in [-0.4, -0.2) is 19.2 Å². The molecular formula is C16H13ClFO4. The third kappa shape index (κ3) is 4.63. The molecule has 115 valence electrons. The molecule has 0 aliphatic carbocycles. The first-order valence-electron chi connectivity index (χ1n) is 6.51. The van der Waals surface area contributed by atoms with Gasteiger partial charge in [-0.1, -0.05) is 11.6 Å². The van der Waals surface area contributed by atoms with Gasteiger partial charge in [-0.05, 0) is 43.3 Å². The Balaban J connectivity index is 1.95. The molecule has 4 nitrogen and oxygen atoms in total. The Morgan fingerprint density at radius 1 is 1.27 bits per heavy atom. The first-order chi connectivity index (χ1) is 10.6. The summed E-state index contributed by atoms with van der Waals surface area (Å²) in [6.45, 7) is 1.87. The molecule has 0 heterocycles. The van der Waals surface area contributed by atoms with E-state index in [0.29, 0.717) is 23.9 Å². The summed E-state index contributed by atoms with van der Waals surface area (Å²) >= 11 is 5.86. The van der Waals surface area contributed by atoms with Crippen molar-refractivity contribution >= 4 is 17.6 Å². The minimum Gasteiger partial charge on any atom is -0.482 e. The molecule has 0 fully saturated rings. The quantitative estimate of drug-likeness (QED) is 0.753. The zero-order valence-corrected chi connectivity index (χ0v) is 12.5. The highest BCUT2D eigenvalue weighted by molar-refractivity contribution is 6.32. The van der Waals surface area contributed by atoms with E-state index in [9.17, 15) is 9.18 Å². The molecule has 0 N–H and O–H groups in total. The lowest BCUT2D eigenvalue weighted by Gasteiger charge is -2.09. The van der Waals surface area contributed by atoms with Crippen molar-refractivity contribution in [2.45, 2.75) is 6.92 Å². The van der Waals surface area contributed by atoms with E-state index in [4.69, 9.17) is 25.8 Å². The summed E-state index contributed by atoms with van der Waals surface area (Å²) in [5.74, 6) is 0.294. The summed E-state index contributed by atoms with van der Waals surface area (Å²) in [5, 5.41) is 0.152. The van der Waals surface area contributed by atoms with Crippen LogP contribution in [0.2, 0.25) is 5.02 Å². The lowest BCUT2D eigenvalue weighted by atomic mass is 10.3. The zero-order valence-electron chi connectivity index (χ0n) is 11.8. The fraction of sp³-hybridized carbons (Fsp3) is 0.188. The Morgan fingerprint density at radius 3 is 2.59 bits per heavy atom. The molecule has 22 heavy (non-hydrogen) atoms. The summed E-state index contributed by atoms with van der Waals surface area (Å²) in [6.07, 6.45) is 0. The van der Waals surface area contributed by atoms with E-state index in [1.54, 1.807) is 31.2 Å². The van der Waals surface area contributed by atoms with Gasteiger partial charge < -0.3 is 14.2 Å². The number of hydrogen-bond donors (Lipinski definition) is 0. The summed E-state index contributed by atoms with van der Waals surface area (Å²) in [4.78, 5) is 11.2. The molecule has 0 atom stereocenters. The van der Waals surface area contributed by atoms with Crippen LogP contribution in [0, 0.1) is 11.9 Å². The topological polar surface area (TPSA) is 44.8 Å². The standard InChI is InChI=1S/C16H13ClFO4/c1-2-20-16(19)10-21-12-4-6-13(7-5-12)22-15-8-3-11(18)9-14(15)17/h4-9H,2,10H2,1H3. The predicted molar refractivity (Wildman–Crippen MR) is 78.9 cm³/mol. The average molecular weight is 324 g/mol. The molecule has 0 aliphatic rings. The van der Waals surface area contributed by atoms with E-state index >= 15 is 0 Å². The van der Waals surface area contributed by atoms with Crippen LogP contribution in [-0.2, 0) is 9.53 Å². The van der Waals surface area contributed by atoms with Gasteiger partial charge in [-0.15, -0.1) is 0 Å². The van der Waals surface area contributed by atoms with E-state index in [0.717, 1.165) is 6.07 Å². The predicted octanol–water partition coefficient (Wildman–Crippen LogP) is 4.01. The van der Waals surface area contributed by atoms with Gasteiger partial charge in [-0.25, -0.2) is 9.18 Å². The molecular weight excluding hydrogens is 311 g/mol. The monoisotopic (exact) mass is 323 g/mol. The van der Waals surface area contributed by atoms with Crippen LogP contribution in [0.3, 0.4) is 0 Å². The summed E-state index contributed by atoms with van der Waals surface area (Å²) in [7, 11) is 0. The van der Waals surface area contributed by atoms with Crippen molar-refractivity contribution in [2.75, 3.05) is 13.2 Å². The molecule has 2 aromatic carbocycles. The molecule has 0 bridgehead atoms. The van der Waals surface area contributed by atoms with Crippen LogP contribution in [0.1, 0.15) is 6.92 Å². The molecule has 6 heteroatoms. The molecule has 2 rings (SSSR count). The fourth-order valence-electron chi connectivity index (χ4n) is 1.58. The van der Waals surface area contributed by atoms with Gasteiger partial charge in [0.25, 0.3) is 0 Å². The molecule has 0 spiro atoms. The van der Waals surface area contributed by atoms with Crippen molar-refractivity contribution in [2.24, 2.45) is 0 Å². The normalized spacial score (nSPS) is 10.1. The van der Waals surface area contributed by atoms with Crippen molar-refractivity contribution < 1.29 is 23.4 Å². The smallest absolute Gasteiger partial charge is 0.344 e. The SMILES string of the molecule is CCOC(=O)COc1ccc(Oc2c[c]c(F)cc2Cl)cc1. The summed E-state index contributed by atoms with van der Waals surface area (Å²) in [5.41, 5.74) is 0. The van der Waals surface area contributed by atoms with Crippen molar-refractivity contribution in [3.8, 4) is 17.2 Å². The minimum absolute atomic E-state index is 0.152. The number of benzene rings is 2. The maximum absolute atomic E-state index is 12.9. The van der Waals surface area contributed by atoms with E-state index in [1.807, 2.05) is 0 Å². The minimum atomic E-state index is -0.555. The lowest BCUT2D eigenvalue weighted by Crippen LogP contribution is -2.14. The number of carbonyl (C=O) groups excluding carboxylic acids is 1. The maximum atomic E-state index is 12.9. The second-order valence-electron chi connectivity index (χ2n) is 4.16. The van der Waals surface area contributed by atoms with E-state index < -0.39 is 11.8 Å². The van der Waals surface area contributed by atoms with Gasteiger partial charge in [0, 0.05) is 6.07 Å². The van der Waals surface area contributed by atoms with Gasteiger partial charge in [-0.2, -0.15) is 0 Å². The summed E-state index contributed by atoms with van der Waals surface area (Å²) in [6, 6.07) is 11.4. The van der Waals surface area contributed by atoms with Gasteiger partial charge in [0.15, 0.2) is 6.61 Å². The van der Waals surface area contributed by atoms with Crippen molar-refractivity contribution in [1.29, 1.82) is 0 Å². The van der Waals surface area contributed by atoms with Gasteiger partial charge in [0.2, 0.25) is 0 Å². The van der Waals surface area contributed by atoms with Crippen molar-refractivity contribution in [1.82, 2.24) is 0 Å². The number of ether oxygens (including phenoxy) is 3. The van der Waals surface area contributed by atoms with Crippen LogP contribution >= 0.6 is 11.6 Å². The lowest BCUT2D eigenvalue weighted by molar-refractivity contribution is -0.145. The van der Waals surface area contributed by atoms with Gasteiger partial charge >= 0.3 is 5.97 Å². The van der Waals surface area contributed by atoms with Crippen LogP contribution in [0.15, 0.2) is 36.4 Å². The Labute approximate surface area is 132 Å². The molecule has 0 aliphatic heterocycles. The second kappa shape index (κ2) is 7.66. The highest BCUT2D eigenvalue weighted by Gasteiger charge is 2.06. The first-order valence-corrected chi connectivity index (χ1v) is 6.89. The molecule has 0 unspecified atom stereocenters. The third-order valence-corrected chi connectivity index (χ3v) is 2.84. The number of carbonyl (C=O) groups is 1. The van der Waals surface area contributed by atoms with E-state index in [-0.39, 0.29) is 11.6 Å². The van der Waals surface area contributed by atoms with Gasteiger partial charge in [0.05, 0.1) is 11.6 Å². The Hall–Kier alpha value is -2.27. The number of rotatable bonds is 6. The van der Waals surface area contributed by atoms with Crippen molar-refractivity contribution in [3.63, 3.8) is 0 Å². The average Bonchev–Trinajstić information content (AvgIpc) is 2.50. The number of hydrogen-bond acceptors (Lipinski definition) is 4. The Kier molecular flexibility index (Phi) is 5.61. The highest BCUT2D eigenvalue weighted by atomic mass is 35.5. The van der Waals surface area contributed by atoms with Crippen LogP contribution in [0.4, 0.5) is 4.39 Å². The van der Waals surface area contributed by atoms with Crippen LogP contribution < -0.4 is 9.47 Å². The number of esters is 1. The largest absolute Gasteiger partial charge is 0.482 e. The summed E-state index contributed by atoms with van der Waals surface area (Å²) < 4.78 is 28.4. The molecule has 0 aromatic heterocycles. The molecule has 0 saturated heterocycles. The molecule has 0 saturated carbocycles. The van der Waals surface area contributed by atoms with E-state index in [1.165, 1.54) is 6.07 Å².